The fraction of sp³-hybridized carbons (Fsp3) is 0. The van der Waals surface area contributed by atoms with Crippen molar-refractivity contribution in [2.24, 2.45) is 0 Å². The van der Waals surface area contributed by atoms with Gasteiger partial charge in [0, 0.05) is 0 Å². The third-order valence-corrected chi connectivity index (χ3v) is 2.60. The van der Waals surface area contributed by atoms with Crippen molar-refractivity contribution in [3.8, 4) is 5.88 Å². The summed E-state index contributed by atoms with van der Waals surface area (Å²) in [5, 5.41) is 13.8. The van der Waals surface area contributed by atoms with Gasteiger partial charge in [0.05, 0.1) is 0 Å². The van der Waals surface area contributed by atoms with Crippen LogP contribution in [0.4, 0.5) is 0 Å². The molecule has 0 unspecified atom stereocenters. The lowest BCUT2D eigenvalue weighted by molar-refractivity contribution is -0.123. The molecule has 1 aromatic heterocycles. The second kappa shape index (κ2) is 4.74. The van der Waals surface area contributed by atoms with Gasteiger partial charge in [0.15, 0.2) is 9.88 Å². The van der Waals surface area contributed by atoms with Crippen molar-refractivity contribution in [1.29, 1.82) is 0 Å². The first kappa shape index (κ1) is 13.1. The quantitative estimate of drug-likeness (QED) is 0.258. The van der Waals surface area contributed by atoms with Crippen molar-refractivity contribution in [3.63, 3.8) is 0 Å². The minimum absolute atomic E-state index is 0.0802. The Morgan fingerprint density at radius 3 is 2.11 bits per heavy atom. The summed E-state index contributed by atoms with van der Waals surface area (Å²) in [5.41, 5.74) is -1.39. The van der Waals surface area contributed by atoms with Crippen molar-refractivity contribution < 1.29 is 14.7 Å². The van der Waals surface area contributed by atoms with E-state index in [1.54, 1.807) is 0 Å². The molecule has 1 fully saturated rings. The van der Waals surface area contributed by atoms with Gasteiger partial charge >= 0.3 is 0 Å². The van der Waals surface area contributed by atoms with Crippen molar-refractivity contribution in [1.82, 2.24) is 20.6 Å². The maximum Gasteiger partial charge on any atom is 0.263 e. The molecule has 1 aliphatic rings. The van der Waals surface area contributed by atoms with Gasteiger partial charge in [0.1, 0.15) is 11.1 Å². The first-order chi connectivity index (χ1) is 8.88. The summed E-state index contributed by atoms with van der Waals surface area (Å²) < 4.78 is -0.0802. The number of carbonyl (C=O) groups excluding carboxylic acids is 2. The van der Waals surface area contributed by atoms with Crippen LogP contribution in [0.3, 0.4) is 0 Å². The topological polar surface area (TPSA) is 127 Å². The fourth-order valence-corrected chi connectivity index (χ4v) is 1.74. The Kier molecular flexibility index (Phi) is 3.27. The van der Waals surface area contributed by atoms with Gasteiger partial charge in [-0.1, -0.05) is 0 Å². The first-order valence-corrected chi connectivity index (χ1v) is 5.64. The number of hydrogen-bond acceptors (Lipinski definition) is 6. The number of thiocarbonyl (C=S) groups is 1. The van der Waals surface area contributed by atoms with Crippen LogP contribution >= 0.6 is 24.4 Å². The van der Waals surface area contributed by atoms with Gasteiger partial charge in [-0.05, 0) is 30.5 Å². The van der Waals surface area contributed by atoms with E-state index in [0.717, 1.165) is 6.08 Å². The van der Waals surface area contributed by atoms with Gasteiger partial charge in [-0.15, -0.1) is 0 Å². The Morgan fingerprint density at radius 2 is 1.58 bits per heavy atom. The van der Waals surface area contributed by atoms with Crippen LogP contribution < -0.4 is 16.2 Å². The Bertz CT molecular complexity index is 723. The lowest BCUT2D eigenvalue weighted by Crippen LogP contribution is -2.51. The first-order valence-electron chi connectivity index (χ1n) is 4.82. The largest absolute Gasteiger partial charge is 0.494 e. The van der Waals surface area contributed by atoms with Crippen LogP contribution in [0.1, 0.15) is 5.56 Å². The van der Waals surface area contributed by atoms with Crippen molar-refractivity contribution in [3.05, 3.63) is 26.3 Å². The lowest BCUT2D eigenvalue weighted by Gasteiger charge is -2.16. The summed E-state index contributed by atoms with van der Waals surface area (Å²) in [4.78, 5) is 39.2. The molecule has 0 spiro atoms. The van der Waals surface area contributed by atoms with Gasteiger partial charge < -0.3 is 10.1 Å². The van der Waals surface area contributed by atoms with Crippen LogP contribution in [-0.4, -0.2) is 32.0 Å². The minimum atomic E-state index is -0.769. The molecule has 1 aliphatic heterocycles. The average Bonchev–Trinajstić information content (AvgIpc) is 2.25. The van der Waals surface area contributed by atoms with E-state index in [2.05, 4.69) is 45.0 Å². The summed E-state index contributed by atoms with van der Waals surface area (Å²) in [6.45, 7) is 0. The van der Waals surface area contributed by atoms with Crippen LogP contribution in [0.5, 0.6) is 5.88 Å². The Balaban J connectivity index is 2.56. The van der Waals surface area contributed by atoms with Crippen molar-refractivity contribution >= 4 is 47.4 Å². The highest BCUT2D eigenvalue weighted by atomic mass is 32.1. The SMILES string of the molecule is O=C1NC(=S)NC(=O)C1=Cc1c(O)[nH]c(=S)[nH]c1=O. The van der Waals surface area contributed by atoms with E-state index in [9.17, 15) is 19.5 Å². The number of aromatic amines is 2. The van der Waals surface area contributed by atoms with E-state index in [1.807, 2.05) is 0 Å². The Morgan fingerprint density at radius 1 is 1.00 bits per heavy atom. The third-order valence-electron chi connectivity index (χ3n) is 2.19. The number of nitrogens with one attached hydrogen (secondary N) is 4. The molecule has 0 aliphatic carbocycles. The number of H-pyrrole nitrogens is 2. The number of amides is 2. The van der Waals surface area contributed by atoms with Crippen LogP contribution in [-0.2, 0) is 9.59 Å². The molecule has 2 amide bonds. The predicted octanol–water partition coefficient (Wildman–Crippen LogP) is -0.948. The zero-order valence-electron chi connectivity index (χ0n) is 9.07. The molecule has 1 aromatic rings. The Hall–Kier alpha value is -2.33. The van der Waals surface area contributed by atoms with E-state index in [1.165, 1.54) is 0 Å². The molecule has 0 bridgehead atoms. The lowest BCUT2D eigenvalue weighted by atomic mass is 10.1. The maximum atomic E-state index is 11.6. The molecule has 0 saturated carbocycles. The van der Waals surface area contributed by atoms with E-state index in [0.29, 0.717) is 0 Å². The molecule has 8 nitrogen and oxygen atoms in total. The summed E-state index contributed by atoms with van der Waals surface area (Å²) in [7, 11) is 0. The van der Waals surface area contributed by atoms with Gasteiger partial charge in [0.2, 0.25) is 5.88 Å². The van der Waals surface area contributed by atoms with E-state index in [-0.39, 0.29) is 21.0 Å². The molecule has 2 rings (SSSR count). The summed E-state index contributed by atoms with van der Waals surface area (Å²) in [6, 6.07) is 0. The minimum Gasteiger partial charge on any atom is -0.494 e. The standard InChI is InChI=1S/C9H6N4O4S2/c14-4-2(5(15)11-8(18)10-4)1-3-6(16)12-9(19)13-7(3)17/h1H,(H2,10,11,14,15,18)(H3,12,13,16,17,19). The molecule has 10 heteroatoms. The van der Waals surface area contributed by atoms with Crippen LogP contribution in [0, 0.1) is 4.77 Å². The van der Waals surface area contributed by atoms with Crippen LogP contribution in [0.25, 0.3) is 6.08 Å². The molecule has 0 aromatic carbocycles. The van der Waals surface area contributed by atoms with Crippen LogP contribution in [0.2, 0.25) is 0 Å². The summed E-state index contributed by atoms with van der Waals surface area (Å²) >= 11 is 9.26. The van der Waals surface area contributed by atoms with Crippen molar-refractivity contribution in [2.75, 3.05) is 0 Å². The molecule has 98 valence electrons. The normalized spacial score (nSPS) is 14.9. The van der Waals surface area contributed by atoms with E-state index in [4.69, 9.17) is 0 Å². The molecule has 5 N–H and O–H groups in total. The van der Waals surface area contributed by atoms with Gasteiger partial charge in [0.25, 0.3) is 17.4 Å². The molecule has 0 radical (unpaired) electrons. The highest BCUT2D eigenvalue weighted by Crippen LogP contribution is 2.13. The number of rotatable bonds is 1. The van der Waals surface area contributed by atoms with E-state index < -0.39 is 23.3 Å². The number of carbonyl (C=O) groups is 2. The molecular weight excluding hydrogens is 292 g/mol. The second-order valence-corrected chi connectivity index (χ2v) is 4.28. The second-order valence-electron chi connectivity index (χ2n) is 3.47. The molecule has 1 saturated heterocycles. The highest BCUT2D eigenvalue weighted by molar-refractivity contribution is 7.80. The maximum absolute atomic E-state index is 11.6. The molecular formula is C9H6N4O4S2. The zero-order valence-corrected chi connectivity index (χ0v) is 10.7. The Labute approximate surface area is 115 Å². The summed E-state index contributed by atoms with van der Waals surface area (Å²) in [6.07, 6.45) is 0.936. The predicted molar refractivity (Wildman–Crippen MR) is 70.8 cm³/mol. The van der Waals surface area contributed by atoms with Crippen molar-refractivity contribution in [2.45, 2.75) is 0 Å². The van der Waals surface area contributed by atoms with Gasteiger partial charge in [-0.25, -0.2) is 0 Å². The zero-order chi connectivity index (χ0) is 14.2. The molecule has 19 heavy (non-hydrogen) atoms. The third kappa shape index (κ3) is 2.58. The smallest absolute Gasteiger partial charge is 0.263 e. The highest BCUT2D eigenvalue weighted by Gasteiger charge is 2.26. The fourth-order valence-electron chi connectivity index (χ4n) is 1.37. The van der Waals surface area contributed by atoms with Gasteiger partial charge in [-0.3, -0.25) is 30.0 Å². The van der Waals surface area contributed by atoms with Crippen LogP contribution in [0.15, 0.2) is 10.4 Å². The van der Waals surface area contributed by atoms with E-state index >= 15 is 0 Å². The molecule has 2 heterocycles. The number of aromatic hydroxyl groups is 1. The van der Waals surface area contributed by atoms with Gasteiger partial charge in [-0.2, -0.15) is 0 Å². The molecule has 0 atom stereocenters. The number of hydrogen-bond donors (Lipinski definition) is 5. The number of aromatic nitrogens is 2. The summed E-state index contributed by atoms with van der Waals surface area (Å²) in [5.74, 6) is -2.08. The monoisotopic (exact) mass is 298 g/mol. The average molecular weight is 298 g/mol.